The Hall–Kier alpha value is -1.81. The van der Waals surface area contributed by atoms with Crippen LogP contribution >= 0.6 is 11.6 Å². The zero-order valence-electron chi connectivity index (χ0n) is 8.53. The fourth-order valence-corrected chi connectivity index (χ4v) is 1.51. The number of rotatable bonds is 2. The minimum atomic E-state index is -0.331. The molecule has 1 amide bonds. The molecule has 0 bridgehead atoms. The predicted octanol–water partition coefficient (Wildman–Crippen LogP) is 2.89. The molecular formula is C11H9ClN2O2. The summed E-state index contributed by atoms with van der Waals surface area (Å²) in [7, 11) is 0. The summed E-state index contributed by atoms with van der Waals surface area (Å²) in [5, 5.41) is 3.34. The van der Waals surface area contributed by atoms with Crippen molar-refractivity contribution in [3.05, 3.63) is 47.1 Å². The number of carbonyl (C=O) groups excluding carboxylic acids is 1. The van der Waals surface area contributed by atoms with Gasteiger partial charge in [0.25, 0.3) is 5.91 Å². The van der Waals surface area contributed by atoms with E-state index in [0.29, 0.717) is 10.7 Å². The number of nitrogens with zero attached hydrogens (tertiary/aromatic N) is 1. The lowest BCUT2D eigenvalue weighted by atomic mass is 10.2. The lowest BCUT2D eigenvalue weighted by molar-refractivity contribution is 0.0996. The summed E-state index contributed by atoms with van der Waals surface area (Å²) in [6, 6.07) is 5.23. The summed E-state index contributed by atoms with van der Waals surface area (Å²) < 4.78 is 4.88. The second kappa shape index (κ2) is 4.37. The van der Waals surface area contributed by atoms with E-state index in [9.17, 15) is 4.79 Å². The largest absolute Gasteiger partial charge is 0.438 e. The first-order chi connectivity index (χ1) is 7.66. The van der Waals surface area contributed by atoms with Crippen molar-refractivity contribution in [1.82, 2.24) is 4.98 Å². The van der Waals surface area contributed by atoms with Crippen LogP contribution in [-0.4, -0.2) is 10.9 Å². The van der Waals surface area contributed by atoms with Crippen LogP contribution in [0.15, 0.2) is 35.2 Å². The third kappa shape index (κ3) is 2.23. The molecule has 0 atom stereocenters. The predicted molar refractivity (Wildman–Crippen MR) is 60.6 cm³/mol. The highest BCUT2D eigenvalue weighted by atomic mass is 35.5. The minimum Gasteiger partial charge on any atom is -0.438 e. The summed E-state index contributed by atoms with van der Waals surface area (Å²) >= 11 is 5.81. The summed E-state index contributed by atoms with van der Waals surface area (Å²) in [6.45, 7) is 1.86. The molecule has 1 heterocycles. The van der Waals surface area contributed by atoms with Gasteiger partial charge < -0.3 is 9.73 Å². The molecule has 1 N–H and O–H groups in total. The second-order valence-corrected chi connectivity index (χ2v) is 3.72. The molecule has 0 aliphatic carbocycles. The number of anilines is 1. The van der Waals surface area contributed by atoms with Crippen LogP contribution in [0.2, 0.25) is 5.02 Å². The topological polar surface area (TPSA) is 55.1 Å². The van der Waals surface area contributed by atoms with Crippen molar-refractivity contribution in [3.8, 4) is 0 Å². The van der Waals surface area contributed by atoms with Gasteiger partial charge in [0, 0.05) is 10.7 Å². The average Bonchev–Trinajstić information content (AvgIpc) is 2.75. The van der Waals surface area contributed by atoms with Crippen LogP contribution in [-0.2, 0) is 0 Å². The smallest absolute Gasteiger partial charge is 0.293 e. The van der Waals surface area contributed by atoms with E-state index in [0.717, 1.165) is 5.56 Å². The molecule has 0 radical (unpaired) electrons. The second-order valence-electron chi connectivity index (χ2n) is 3.28. The van der Waals surface area contributed by atoms with Gasteiger partial charge in [0.05, 0.1) is 6.20 Å². The van der Waals surface area contributed by atoms with Gasteiger partial charge in [-0.3, -0.25) is 4.79 Å². The highest BCUT2D eigenvalue weighted by Crippen LogP contribution is 2.20. The first-order valence-electron chi connectivity index (χ1n) is 4.63. The molecule has 0 saturated heterocycles. The number of aromatic nitrogens is 1. The standard InChI is InChI=1S/C11H9ClN2O2/c1-7-4-8(12)2-3-9(7)14-11(15)10-5-13-6-16-10/h2-6H,1H3,(H,14,15). The fourth-order valence-electron chi connectivity index (χ4n) is 1.28. The van der Waals surface area contributed by atoms with Crippen LogP contribution in [0, 0.1) is 6.92 Å². The van der Waals surface area contributed by atoms with Gasteiger partial charge >= 0.3 is 0 Å². The Morgan fingerprint density at radius 3 is 2.94 bits per heavy atom. The van der Waals surface area contributed by atoms with E-state index in [1.807, 2.05) is 6.92 Å². The number of benzene rings is 1. The van der Waals surface area contributed by atoms with Crippen molar-refractivity contribution in [3.63, 3.8) is 0 Å². The van der Waals surface area contributed by atoms with Crippen LogP contribution < -0.4 is 5.32 Å². The quantitative estimate of drug-likeness (QED) is 0.872. The maximum absolute atomic E-state index is 11.6. The molecule has 4 nitrogen and oxygen atoms in total. The van der Waals surface area contributed by atoms with E-state index in [1.165, 1.54) is 12.6 Å². The van der Waals surface area contributed by atoms with E-state index in [-0.39, 0.29) is 11.7 Å². The normalized spacial score (nSPS) is 10.1. The Morgan fingerprint density at radius 1 is 1.50 bits per heavy atom. The van der Waals surface area contributed by atoms with Crippen molar-refractivity contribution in [2.75, 3.05) is 5.32 Å². The maximum Gasteiger partial charge on any atom is 0.293 e. The molecule has 82 valence electrons. The van der Waals surface area contributed by atoms with E-state index < -0.39 is 0 Å². The summed E-state index contributed by atoms with van der Waals surface area (Å²) in [6.07, 6.45) is 2.57. The monoisotopic (exact) mass is 236 g/mol. The van der Waals surface area contributed by atoms with Crippen molar-refractivity contribution in [1.29, 1.82) is 0 Å². The molecule has 0 aliphatic rings. The van der Waals surface area contributed by atoms with Gasteiger partial charge in [-0.15, -0.1) is 0 Å². The van der Waals surface area contributed by atoms with Gasteiger partial charge in [0.2, 0.25) is 5.76 Å². The number of halogens is 1. The molecule has 0 fully saturated rings. The lowest BCUT2D eigenvalue weighted by Crippen LogP contribution is -2.11. The number of amides is 1. The van der Waals surface area contributed by atoms with Crippen molar-refractivity contribution in [2.24, 2.45) is 0 Å². The molecule has 1 aromatic carbocycles. The molecule has 0 aliphatic heterocycles. The number of oxazole rings is 1. The SMILES string of the molecule is Cc1cc(Cl)ccc1NC(=O)c1cnco1. The number of aryl methyl sites for hydroxylation is 1. The van der Waals surface area contributed by atoms with Crippen LogP contribution in [0.4, 0.5) is 5.69 Å². The van der Waals surface area contributed by atoms with Gasteiger partial charge in [-0.25, -0.2) is 4.98 Å². The lowest BCUT2D eigenvalue weighted by Gasteiger charge is -2.06. The van der Waals surface area contributed by atoms with Gasteiger partial charge in [0.1, 0.15) is 0 Å². The molecule has 0 spiro atoms. The van der Waals surface area contributed by atoms with Crippen LogP contribution in [0.25, 0.3) is 0 Å². The third-order valence-corrected chi connectivity index (χ3v) is 2.33. The molecule has 1 aromatic heterocycles. The Kier molecular flexibility index (Phi) is 2.92. The van der Waals surface area contributed by atoms with Crippen molar-refractivity contribution < 1.29 is 9.21 Å². The van der Waals surface area contributed by atoms with Crippen LogP contribution in [0.1, 0.15) is 16.1 Å². The number of hydrogen-bond acceptors (Lipinski definition) is 3. The molecule has 2 rings (SSSR count). The average molecular weight is 237 g/mol. The van der Waals surface area contributed by atoms with Gasteiger partial charge in [-0.05, 0) is 30.7 Å². The molecule has 0 unspecified atom stereocenters. The zero-order chi connectivity index (χ0) is 11.5. The Balaban J connectivity index is 2.18. The third-order valence-electron chi connectivity index (χ3n) is 2.09. The molecule has 0 saturated carbocycles. The molecule has 16 heavy (non-hydrogen) atoms. The first-order valence-corrected chi connectivity index (χ1v) is 5.00. The fraction of sp³-hybridized carbons (Fsp3) is 0.0909. The highest BCUT2D eigenvalue weighted by Gasteiger charge is 2.10. The summed E-state index contributed by atoms with van der Waals surface area (Å²) in [4.78, 5) is 15.3. The maximum atomic E-state index is 11.6. The van der Waals surface area contributed by atoms with Gasteiger partial charge in [0.15, 0.2) is 6.39 Å². The Morgan fingerprint density at radius 2 is 2.31 bits per heavy atom. The van der Waals surface area contributed by atoms with Gasteiger partial charge in [-0.2, -0.15) is 0 Å². The number of hydrogen-bond donors (Lipinski definition) is 1. The van der Waals surface area contributed by atoms with E-state index in [4.69, 9.17) is 16.0 Å². The number of carbonyl (C=O) groups is 1. The van der Waals surface area contributed by atoms with E-state index in [2.05, 4.69) is 10.3 Å². The van der Waals surface area contributed by atoms with Crippen molar-refractivity contribution >= 4 is 23.2 Å². The summed E-state index contributed by atoms with van der Waals surface area (Å²) in [5.74, 6) is -0.155. The Bertz CT molecular complexity index is 509. The first kappa shape index (κ1) is 10.7. The van der Waals surface area contributed by atoms with Crippen LogP contribution in [0.5, 0.6) is 0 Å². The van der Waals surface area contributed by atoms with E-state index >= 15 is 0 Å². The molecule has 2 aromatic rings. The summed E-state index contributed by atoms with van der Waals surface area (Å²) in [5.41, 5.74) is 1.59. The number of nitrogens with one attached hydrogen (secondary N) is 1. The van der Waals surface area contributed by atoms with Crippen LogP contribution in [0.3, 0.4) is 0 Å². The minimum absolute atomic E-state index is 0.175. The van der Waals surface area contributed by atoms with Gasteiger partial charge in [-0.1, -0.05) is 11.6 Å². The van der Waals surface area contributed by atoms with Crippen molar-refractivity contribution in [2.45, 2.75) is 6.92 Å². The Labute approximate surface area is 97.2 Å². The highest BCUT2D eigenvalue weighted by molar-refractivity contribution is 6.30. The molecular weight excluding hydrogens is 228 g/mol. The van der Waals surface area contributed by atoms with E-state index in [1.54, 1.807) is 18.2 Å². The molecule has 5 heteroatoms. The zero-order valence-corrected chi connectivity index (χ0v) is 9.28.